The molecule has 1 atom stereocenters. The monoisotopic (exact) mass is 232 g/mol. The molecule has 0 bridgehead atoms. The van der Waals surface area contributed by atoms with E-state index >= 15 is 0 Å². The summed E-state index contributed by atoms with van der Waals surface area (Å²) in [5.74, 6) is 1.62. The summed E-state index contributed by atoms with van der Waals surface area (Å²) in [6.45, 7) is 0. The summed E-state index contributed by atoms with van der Waals surface area (Å²) in [7, 11) is 1.75. The number of nitrogen functional groups attached to an aromatic ring is 1. The second kappa shape index (κ2) is 3.38. The summed E-state index contributed by atoms with van der Waals surface area (Å²) in [6.07, 6.45) is 1.92. The van der Waals surface area contributed by atoms with Crippen LogP contribution in [0.1, 0.15) is 23.7 Å². The molecular formula is C11H12N4O2. The summed E-state index contributed by atoms with van der Waals surface area (Å²) in [4.78, 5) is 11.7. The molecule has 6 nitrogen and oxygen atoms in total. The van der Waals surface area contributed by atoms with Crippen molar-refractivity contribution in [2.24, 2.45) is 7.05 Å². The van der Waals surface area contributed by atoms with Crippen LogP contribution in [-0.4, -0.2) is 15.7 Å². The molecule has 17 heavy (non-hydrogen) atoms. The molecule has 1 aliphatic heterocycles. The molecule has 0 saturated heterocycles. The van der Waals surface area contributed by atoms with Gasteiger partial charge in [-0.25, -0.2) is 0 Å². The first-order chi connectivity index (χ1) is 8.16. The van der Waals surface area contributed by atoms with Gasteiger partial charge in [-0.05, 0) is 12.1 Å². The van der Waals surface area contributed by atoms with E-state index in [0.29, 0.717) is 18.1 Å². The number of hydrogen-bond acceptors (Lipinski definition) is 4. The molecular weight excluding hydrogens is 220 g/mol. The van der Waals surface area contributed by atoms with Crippen LogP contribution in [0.15, 0.2) is 22.8 Å². The lowest BCUT2D eigenvalue weighted by Crippen LogP contribution is -2.24. The first-order valence-electron chi connectivity index (χ1n) is 5.32. The number of aryl methyl sites for hydroxylation is 1. The van der Waals surface area contributed by atoms with Crippen LogP contribution in [0, 0.1) is 0 Å². The smallest absolute Gasteiger partial charge is 0.226 e. The van der Waals surface area contributed by atoms with Gasteiger partial charge in [0.25, 0.3) is 0 Å². The predicted molar refractivity (Wildman–Crippen MR) is 61.4 cm³/mol. The molecule has 3 rings (SSSR count). The molecule has 0 radical (unpaired) electrons. The largest absolute Gasteiger partial charge is 0.469 e. The van der Waals surface area contributed by atoms with Gasteiger partial charge in [-0.15, -0.1) is 0 Å². The maximum atomic E-state index is 11.7. The zero-order valence-corrected chi connectivity index (χ0v) is 9.30. The molecule has 0 aromatic carbocycles. The number of carbonyl (C=O) groups is 1. The Kier molecular flexibility index (Phi) is 1.98. The van der Waals surface area contributed by atoms with Crippen LogP contribution in [0.3, 0.4) is 0 Å². The molecule has 6 heteroatoms. The molecule has 88 valence electrons. The minimum atomic E-state index is -0.151. The van der Waals surface area contributed by atoms with Crippen LogP contribution in [0.4, 0.5) is 11.6 Å². The van der Waals surface area contributed by atoms with E-state index in [1.165, 1.54) is 0 Å². The van der Waals surface area contributed by atoms with Crippen molar-refractivity contribution in [3.8, 4) is 0 Å². The summed E-state index contributed by atoms with van der Waals surface area (Å²) in [5.41, 5.74) is 6.71. The highest BCUT2D eigenvalue weighted by atomic mass is 16.3. The molecule has 0 saturated carbocycles. The average Bonchev–Trinajstić information content (AvgIpc) is 2.88. The van der Waals surface area contributed by atoms with Gasteiger partial charge < -0.3 is 15.5 Å². The summed E-state index contributed by atoms with van der Waals surface area (Å²) in [5, 5.41) is 6.91. The van der Waals surface area contributed by atoms with Crippen LogP contribution >= 0.6 is 0 Å². The third-order valence-electron chi connectivity index (χ3n) is 2.99. The molecule has 1 amide bonds. The number of carbonyl (C=O) groups excluding carboxylic acids is 1. The van der Waals surface area contributed by atoms with Crippen LogP contribution < -0.4 is 11.1 Å². The Balaban J connectivity index is 2.17. The van der Waals surface area contributed by atoms with Crippen LogP contribution in [0.25, 0.3) is 0 Å². The van der Waals surface area contributed by atoms with Gasteiger partial charge >= 0.3 is 0 Å². The van der Waals surface area contributed by atoms with Gasteiger partial charge in [0.2, 0.25) is 5.91 Å². The molecule has 0 spiro atoms. The number of nitrogens with zero attached hydrogens (tertiary/aromatic N) is 2. The Morgan fingerprint density at radius 1 is 1.65 bits per heavy atom. The van der Waals surface area contributed by atoms with Crippen molar-refractivity contribution in [3.63, 3.8) is 0 Å². The number of aromatic nitrogens is 2. The van der Waals surface area contributed by atoms with Crippen molar-refractivity contribution >= 4 is 17.5 Å². The van der Waals surface area contributed by atoms with E-state index in [4.69, 9.17) is 10.2 Å². The number of nitrogens with two attached hydrogens (primary N) is 1. The number of anilines is 2. The molecule has 0 aliphatic carbocycles. The first kappa shape index (κ1) is 9.95. The van der Waals surface area contributed by atoms with E-state index in [1.54, 1.807) is 24.1 Å². The van der Waals surface area contributed by atoms with Gasteiger partial charge in [0.15, 0.2) is 5.82 Å². The van der Waals surface area contributed by atoms with Gasteiger partial charge in [-0.3, -0.25) is 9.48 Å². The van der Waals surface area contributed by atoms with E-state index in [2.05, 4.69) is 10.4 Å². The van der Waals surface area contributed by atoms with E-state index in [1.807, 2.05) is 6.07 Å². The number of fused-ring (bicyclic) bond motifs is 1. The summed E-state index contributed by atoms with van der Waals surface area (Å²) in [6, 6.07) is 3.65. The fourth-order valence-electron chi connectivity index (χ4n) is 2.26. The van der Waals surface area contributed by atoms with Crippen molar-refractivity contribution in [1.29, 1.82) is 0 Å². The van der Waals surface area contributed by atoms with Crippen LogP contribution in [0.5, 0.6) is 0 Å². The van der Waals surface area contributed by atoms with Gasteiger partial charge in [0, 0.05) is 19.0 Å². The van der Waals surface area contributed by atoms with E-state index in [0.717, 1.165) is 11.3 Å². The van der Waals surface area contributed by atoms with Gasteiger partial charge in [0.05, 0.1) is 12.2 Å². The minimum absolute atomic E-state index is 0.0538. The summed E-state index contributed by atoms with van der Waals surface area (Å²) < 4.78 is 6.95. The van der Waals surface area contributed by atoms with Crippen molar-refractivity contribution in [3.05, 3.63) is 29.7 Å². The van der Waals surface area contributed by atoms with Crippen LogP contribution in [-0.2, 0) is 11.8 Å². The molecule has 1 unspecified atom stereocenters. The summed E-state index contributed by atoms with van der Waals surface area (Å²) >= 11 is 0. The van der Waals surface area contributed by atoms with Crippen molar-refractivity contribution in [2.75, 3.05) is 11.1 Å². The normalized spacial score (nSPS) is 18.9. The highest BCUT2D eigenvalue weighted by molar-refractivity contribution is 5.95. The fraction of sp³-hybridized carbons (Fsp3) is 0.273. The highest BCUT2D eigenvalue weighted by Gasteiger charge is 2.33. The third-order valence-corrected chi connectivity index (χ3v) is 2.99. The van der Waals surface area contributed by atoms with E-state index in [9.17, 15) is 4.79 Å². The van der Waals surface area contributed by atoms with Gasteiger partial charge in [-0.2, -0.15) is 5.10 Å². The Labute approximate surface area is 97.4 Å². The third kappa shape index (κ3) is 1.41. The van der Waals surface area contributed by atoms with Gasteiger partial charge in [-0.1, -0.05) is 0 Å². The average molecular weight is 232 g/mol. The Morgan fingerprint density at radius 2 is 2.47 bits per heavy atom. The number of hydrogen-bond donors (Lipinski definition) is 2. The number of nitrogens with one attached hydrogen (secondary N) is 1. The molecule has 2 aromatic rings. The molecule has 3 heterocycles. The maximum Gasteiger partial charge on any atom is 0.226 e. The lowest BCUT2D eigenvalue weighted by molar-refractivity contribution is -0.116. The topological polar surface area (TPSA) is 86.1 Å². The zero-order chi connectivity index (χ0) is 12.0. The predicted octanol–water partition coefficient (Wildman–Crippen LogP) is 1.07. The van der Waals surface area contributed by atoms with E-state index in [-0.39, 0.29) is 11.8 Å². The molecule has 1 aliphatic rings. The molecule has 3 N–H and O–H groups in total. The molecule has 0 fully saturated rings. The van der Waals surface area contributed by atoms with Crippen molar-refractivity contribution in [2.45, 2.75) is 12.3 Å². The minimum Gasteiger partial charge on any atom is -0.469 e. The maximum absolute atomic E-state index is 11.7. The second-order valence-corrected chi connectivity index (χ2v) is 4.09. The number of furan rings is 1. The van der Waals surface area contributed by atoms with Crippen molar-refractivity contribution < 1.29 is 9.21 Å². The number of amides is 1. The SMILES string of the molecule is Cn1nc(N)c2c1NC(=O)CC2c1ccco1. The van der Waals surface area contributed by atoms with Gasteiger partial charge in [0.1, 0.15) is 11.6 Å². The highest BCUT2D eigenvalue weighted by Crippen LogP contribution is 2.40. The quantitative estimate of drug-likeness (QED) is 0.770. The fourth-order valence-corrected chi connectivity index (χ4v) is 2.26. The Morgan fingerprint density at radius 3 is 3.18 bits per heavy atom. The Bertz CT molecular complexity index is 571. The zero-order valence-electron chi connectivity index (χ0n) is 9.30. The molecule has 2 aromatic heterocycles. The lowest BCUT2D eigenvalue weighted by Gasteiger charge is -2.21. The number of rotatable bonds is 1. The van der Waals surface area contributed by atoms with Crippen molar-refractivity contribution in [1.82, 2.24) is 9.78 Å². The Hall–Kier alpha value is -2.24. The lowest BCUT2D eigenvalue weighted by atomic mass is 9.91. The standard InChI is InChI=1S/C11H12N4O2/c1-15-11-9(10(12)14-15)6(5-8(16)13-11)7-3-2-4-17-7/h2-4,6H,5H2,1H3,(H2,12,14)(H,13,16). The second-order valence-electron chi connectivity index (χ2n) is 4.09. The van der Waals surface area contributed by atoms with E-state index < -0.39 is 0 Å². The first-order valence-corrected chi connectivity index (χ1v) is 5.32. The van der Waals surface area contributed by atoms with Crippen LogP contribution in [0.2, 0.25) is 0 Å².